The van der Waals surface area contributed by atoms with Crippen molar-refractivity contribution < 1.29 is 9.84 Å². The van der Waals surface area contributed by atoms with Crippen molar-refractivity contribution >= 4 is 0 Å². The minimum atomic E-state index is 0.273. The van der Waals surface area contributed by atoms with Gasteiger partial charge in [0.25, 0.3) is 0 Å². The summed E-state index contributed by atoms with van der Waals surface area (Å²) in [6.45, 7) is 4.13. The zero-order valence-corrected chi connectivity index (χ0v) is 7.05. The van der Waals surface area contributed by atoms with E-state index in [9.17, 15) is 0 Å². The number of hydrogen-bond donors (Lipinski definition) is 2. The first kappa shape index (κ1) is 8.97. The Morgan fingerprint density at radius 1 is 1.64 bits per heavy atom. The minimum absolute atomic E-state index is 0.273. The quantitative estimate of drug-likeness (QED) is 0.573. The molecule has 1 aliphatic rings. The van der Waals surface area contributed by atoms with Gasteiger partial charge in [0.1, 0.15) is 0 Å². The average Bonchev–Trinajstić information content (AvgIpc) is 2.37. The van der Waals surface area contributed by atoms with Crippen LogP contribution in [0.15, 0.2) is 0 Å². The summed E-state index contributed by atoms with van der Waals surface area (Å²) in [5.74, 6) is 0. The van der Waals surface area contributed by atoms with Gasteiger partial charge in [0.15, 0.2) is 0 Å². The summed E-state index contributed by atoms with van der Waals surface area (Å²) in [6, 6.07) is 0.501. The van der Waals surface area contributed by atoms with Crippen molar-refractivity contribution in [1.82, 2.24) is 5.32 Å². The van der Waals surface area contributed by atoms with Crippen LogP contribution in [0.1, 0.15) is 19.8 Å². The largest absolute Gasteiger partial charge is 0.396 e. The number of aliphatic hydroxyl groups excluding tert-OH is 1. The predicted molar refractivity (Wildman–Crippen MR) is 43.5 cm³/mol. The first-order valence-electron chi connectivity index (χ1n) is 4.30. The molecule has 0 spiro atoms. The summed E-state index contributed by atoms with van der Waals surface area (Å²) in [7, 11) is 0. The van der Waals surface area contributed by atoms with Gasteiger partial charge in [-0.3, -0.25) is 0 Å². The summed E-state index contributed by atoms with van der Waals surface area (Å²) < 4.78 is 5.37. The van der Waals surface area contributed by atoms with Gasteiger partial charge in [0.2, 0.25) is 0 Å². The fourth-order valence-corrected chi connectivity index (χ4v) is 1.37. The summed E-state index contributed by atoms with van der Waals surface area (Å²) in [5.41, 5.74) is 0. The third-order valence-corrected chi connectivity index (χ3v) is 2.12. The molecular weight excluding hydrogens is 142 g/mol. The lowest BCUT2D eigenvalue weighted by Gasteiger charge is -2.14. The summed E-state index contributed by atoms with van der Waals surface area (Å²) in [5, 5.41) is 11.9. The van der Waals surface area contributed by atoms with E-state index in [1.54, 1.807) is 0 Å². The Hall–Kier alpha value is -0.120. The molecule has 0 bridgehead atoms. The van der Waals surface area contributed by atoms with E-state index in [1.807, 2.05) is 0 Å². The Labute approximate surface area is 67.7 Å². The zero-order chi connectivity index (χ0) is 8.10. The van der Waals surface area contributed by atoms with E-state index < -0.39 is 0 Å². The topological polar surface area (TPSA) is 41.5 Å². The minimum Gasteiger partial charge on any atom is -0.396 e. The van der Waals surface area contributed by atoms with E-state index in [2.05, 4.69) is 12.2 Å². The molecule has 0 aliphatic carbocycles. The summed E-state index contributed by atoms with van der Waals surface area (Å²) >= 11 is 0. The Bertz CT molecular complexity index is 108. The van der Waals surface area contributed by atoms with Crippen molar-refractivity contribution in [3.05, 3.63) is 0 Å². The molecule has 0 radical (unpaired) electrons. The van der Waals surface area contributed by atoms with Gasteiger partial charge >= 0.3 is 0 Å². The highest BCUT2D eigenvalue weighted by Gasteiger charge is 2.22. The van der Waals surface area contributed by atoms with Crippen LogP contribution in [0.2, 0.25) is 0 Å². The van der Waals surface area contributed by atoms with Crippen molar-refractivity contribution in [2.45, 2.75) is 31.9 Å². The first-order chi connectivity index (χ1) is 5.34. The highest BCUT2D eigenvalue weighted by molar-refractivity contribution is 4.78. The number of aliphatic hydroxyl groups is 1. The maximum Gasteiger partial charge on any atom is 0.0700 e. The highest BCUT2D eigenvalue weighted by atomic mass is 16.5. The average molecular weight is 159 g/mol. The molecule has 2 N–H and O–H groups in total. The molecule has 3 nitrogen and oxygen atoms in total. The van der Waals surface area contributed by atoms with Crippen LogP contribution in [0.5, 0.6) is 0 Å². The highest BCUT2D eigenvalue weighted by Crippen LogP contribution is 2.11. The Morgan fingerprint density at radius 3 is 3.00 bits per heavy atom. The molecule has 0 amide bonds. The van der Waals surface area contributed by atoms with Crippen LogP contribution >= 0.6 is 0 Å². The second-order valence-electron chi connectivity index (χ2n) is 3.00. The van der Waals surface area contributed by atoms with Crippen LogP contribution < -0.4 is 5.32 Å². The summed E-state index contributed by atoms with van der Waals surface area (Å²) in [4.78, 5) is 0. The van der Waals surface area contributed by atoms with Crippen LogP contribution in [0.4, 0.5) is 0 Å². The molecule has 11 heavy (non-hydrogen) atoms. The van der Waals surface area contributed by atoms with E-state index in [0.29, 0.717) is 12.1 Å². The van der Waals surface area contributed by atoms with Crippen molar-refractivity contribution in [1.29, 1.82) is 0 Å². The smallest absolute Gasteiger partial charge is 0.0700 e. The van der Waals surface area contributed by atoms with E-state index in [1.165, 1.54) is 0 Å². The second-order valence-corrected chi connectivity index (χ2v) is 3.00. The van der Waals surface area contributed by atoms with Gasteiger partial charge in [-0.05, 0) is 26.3 Å². The lowest BCUT2D eigenvalue weighted by Crippen LogP contribution is -2.35. The van der Waals surface area contributed by atoms with Gasteiger partial charge in [-0.15, -0.1) is 0 Å². The van der Waals surface area contributed by atoms with Crippen LogP contribution in [0.3, 0.4) is 0 Å². The van der Waals surface area contributed by atoms with Gasteiger partial charge < -0.3 is 15.2 Å². The molecular formula is C8H17NO2. The van der Waals surface area contributed by atoms with Crippen LogP contribution in [0, 0.1) is 0 Å². The molecule has 3 heteroatoms. The molecule has 0 saturated carbocycles. The molecule has 2 unspecified atom stereocenters. The van der Waals surface area contributed by atoms with Gasteiger partial charge in [-0.25, -0.2) is 0 Å². The second kappa shape index (κ2) is 4.70. The fraction of sp³-hybridized carbons (Fsp3) is 1.00. The molecule has 0 aromatic heterocycles. The SMILES string of the molecule is CC1OCCC1NCCCO. The summed E-state index contributed by atoms with van der Waals surface area (Å²) in [6.07, 6.45) is 2.28. The van der Waals surface area contributed by atoms with Gasteiger partial charge in [0, 0.05) is 19.3 Å². The molecule has 1 rings (SSSR count). The van der Waals surface area contributed by atoms with Gasteiger partial charge in [-0.1, -0.05) is 0 Å². The van der Waals surface area contributed by atoms with Crippen LogP contribution in [0.25, 0.3) is 0 Å². The van der Waals surface area contributed by atoms with E-state index in [-0.39, 0.29) is 6.61 Å². The van der Waals surface area contributed by atoms with Crippen molar-refractivity contribution in [3.8, 4) is 0 Å². The maximum absolute atomic E-state index is 8.53. The Balaban J connectivity index is 2.05. The molecule has 2 atom stereocenters. The number of ether oxygens (including phenoxy) is 1. The molecule has 1 heterocycles. The standard InChI is InChI=1S/C8H17NO2/c1-7-8(3-6-11-7)9-4-2-5-10/h7-10H,2-6H2,1H3. The van der Waals surface area contributed by atoms with Gasteiger partial charge in [-0.2, -0.15) is 0 Å². The molecule has 66 valence electrons. The van der Waals surface area contributed by atoms with Crippen LogP contribution in [-0.2, 0) is 4.74 Å². The fourth-order valence-electron chi connectivity index (χ4n) is 1.37. The normalized spacial score (nSPS) is 31.1. The number of hydrogen-bond acceptors (Lipinski definition) is 3. The molecule has 1 aliphatic heterocycles. The predicted octanol–water partition coefficient (Wildman–Crippen LogP) is 0.136. The molecule has 0 aromatic carbocycles. The first-order valence-corrected chi connectivity index (χ1v) is 4.30. The Kier molecular flexibility index (Phi) is 3.83. The van der Waals surface area contributed by atoms with Crippen LogP contribution in [-0.4, -0.2) is 37.0 Å². The monoisotopic (exact) mass is 159 g/mol. The lowest BCUT2D eigenvalue weighted by molar-refractivity contribution is 0.113. The van der Waals surface area contributed by atoms with Crippen molar-refractivity contribution in [3.63, 3.8) is 0 Å². The molecule has 1 fully saturated rings. The zero-order valence-electron chi connectivity index (χ0n) is 7.05. The van der Waals surface area contributed by atoms with Crippen molar-refractivity contribution in [2.75, 3.05) is 19.8 Å². The van der Waals surface area contributed by atoms with E-state index in [0.717, 1.165) is 26.0 Å². The third kappa shape index (κ3) is 2.77. The molecule has 0 aromatic rings. The lowest BCUT2D eigenvalue weighted by atomic mass is 10.1. The van der Waals surface area contributed by atoms with Gasteiger partial charge in [0.05, 0.1) is 6.10 Å². The number of nitrogens with one attached hydrogen (secondary N) is 1. The Morgan fingerprint density at radius 2 is 2.45 bits per heavy atom. The third-order valence-electron chi connectivity index (χ3n) is 2.12. The number of rotatable bonds is 4. The molecule has 1 saturated heterocycles. The van der Waals surface area contributed by atoms with E-state index >= 15 is 0 Å². The maximum atomic E-state index is 8.53. The van der Waals surface area contributed by atoms with E-state index in [4.69, 9.17) is 9.84 Å². The van der Waals surface area contributed by atoms with Crippen molar-refractivity contribution in [2.24, 2.45) is 0 Å².